The van der Waals surface area contributed by atoms with Crippen molar-refractivity contribution in [3.63, 3.8) is 0 Å². The highest BCUT2D eigenvalue weighted by Crippen LogP contribution is 2.21. The van der Waals surface area contributed by atoms with E-state index in [9.17, 15) is 4.79 Å². The van der Waals surface area contributed by atoms with Gasteiger partial charge in [-0.2, -0.15) is 5.10 Å². The number of rotatable bonds is 3. The van der Waals surface area contributed by atoms with E-state index in [1.807, 2.05) is 37.5 Å². The van der Waals surface area contributed by atoms with Crippen molar-refractivity contribution in [2.45, 2.75) is 6.54 Å². The molecule has 2 heterocycles. The summed E-state index contributed by atoms with van der Waals surface area (Å²) >= 11 is 3.44. The molecule has 2 aromatic heterocycles. The number of carbonyl (C=O) groups is 1. The molecule has 1 aromatic carbocycles. The summed E-state index contributed by atoms with van der Waals surface area (Å²) in [6.07, 6.45) is 3.68. The van der Waals surface area contributed by atoms with Gasteiger partial charge in [-0.3, -0.25) is 9.48 Å². The molecule has 0 aliphatic rings. The molecule has 0 bridgehead atoms. The lowest BCUT2D eigenvalue weighted by Crippen LogP contribution is -2.26. The average molecular weight is 347 g/mol. The topological polar surface area (TPSA) is 53.9 Å². The third-order valence-corrected chi connectivity index (χ3v) is 3.83. The number of fused-ring (bicyclic) bond motifs is 1. The third kappa shape index (κ3) is 2.85. The second-order valence-electron chi connectivity index (χ2n) is 5.10. The minimum Gasteiger partial charge on any atom is -0.351 e. The molecule has 5 nitrogen and oxygen atoms in total. The fourth-order valence-electron chi connectivity index (χ4n) is 2.32. The van der Waals surface area contributed by atoms with Gasteiger partial charge in [0.05, 0.1) is 6.20 Å². The number of nitrogens with one attached hydrogen (secondary N) is 1. The van der Waals surface area contributed by atoms with E-state index in [1.54, 1.807) is 22.8 Å². The quantitative estimate of drug-likeness (QED) is 0.792. The number of benzene rings is 1. The number of nitrogens with zero attached hydrogens (tertiary/aromatic N) is 3. The molecule has 0 spiro atoms. The van der Waals surface area contributed by atoms with E-state index in [1.165, 1.54) is 0 Å². The molecule has 0 saturated heterocycles. The highest BCUT2D eigenvalue weighted by atomic mass is 79.9. The molecule has 0 fully saturated rings. The van der Waals surface area contributed by atoms with Gasteiger partial charge in [0.15, 0.2) is 0 Å². The first-order chi connectivity index (χ1) is 10.0. The number of aryl methyl sites for hydroxylation is 1. The number of aromatic nitrogens is 3. The maximum Gasteiger partial charge on any atom is 0.270 e. The molecular formula is C15H15BrN4O. The predicted octanol–water partition coefficient (Wildman–Crippen LogP) is 2.94. The van der Waals surface area contributed by atoms with Crippen LogP contribution in [-0.2, 0) is 13.6 Å². The van der Waals surface area contributed by atoms with Crippen LogP contribution in [0.3, 0.4) is 0 Å². The van der Waals surface area contributed by atoms with Gasteiger partial charge in [0.1, 0.15) is 5.69 Å². The Morgan fingerprint density at radius 1 is 1.43 bits per heavy atom. The van der Waals surface area contributed by atoms with Crippen LogP contribution in [0.25, 0.3) is 10.9 Å². The van der Waals surface area contributed by atoms with Crippen molar-refractivity contribution in [1.29, 1.82) is 0 Å². The molecule has 3 aromatic rings. The van der Waals surface area contributed by atoms with Crippen molar-refractivity contribution in [2.75, 3.05) is 7.05 Å². The lowest BCUT2D eigenvalue weighted by Gasteiger charge is -2.14. The Hall–Kier alpha value is -2.08. The van der Waals surface area contributed by atoms with Crippen molar-refractivity contribution in [2.24, 2.45) is 7.05 Å². The Bertz CT molecular complexity index is 805. The molecule has 0 aliphatic carbocycles. The maximum absolute atomic E-state index is 12.5. The molecule has 1 amide bonds. The summed E-state index contributed by atoms with van der Waals surface area (Å²) in [6, 6.07) is 7.77. The highest BCUT2D eigenvalue weighted by Gasteiger charge is 2.15. The summed E-state index contributed by atoms with van der Waals surface area (Å²) in [6.45, 7) is 0.533. The predicted molar refractivity (Wildman–Crippen MR) is 85.0 cm³/mol. The van der Waals surface area contributed by atoms with E-state index in [0.29, 0.717) is 12.2 Å². The Morgan fingerprint density at radius 3 is 2.95 bits per heavy atom. The van der Waals surface area contributed by atoms with Gasteiger partial charge >= 0.3 is 0 Å². The van der Waals surface area contributed by atoms with Gasteiger partial charge in [-0.1, -0.05) is 15.9 Å². The number of hydrogen-bond acceptors (Lipinski definition) is 2. The standard InChI is InChI=1S/C15H15BrN4O/c1-19(8-10-7-17-20(2)9-10)15(21)14-6-11-5-12(16)3-4-13(11)18-14/h3-7,9,18H,8H2,1-2H3. The Balaban J connectivity index is 1.82. The fraction of sp³-hybridized carbons (Fsp3) is 0.200. The summed E-state index contributed by atoms with van der Waals surface area (Å²) in [5.74, 6) is -0.0359. The zero-order valence-corrected chi connectivity index (χ0v) is 13.4. The first kappa shape index (κ1) is 13.9. The zero-order chi connectivity index (χ0) is 15.0. The zero-order valence-electron chi connectivity index (χ0n) is 11.8. The van der Waals surface area contributed by atoms with Gasteiger partial charge in [0.2, 0.25) is 0 Å². The van der Waals surface area contributed by atoms with Crippen LogP contribution in [0.4, 0.5) is 0 Å². The van der Waals surface area contributed by atoms with Crippen LogP contribution < -0.4 is 0 Å². The summed E-state index contributed by atoms with van der Waals surface area (Å²) in [5.41, 5.74) is 2.55. The van der Waals surface area contributed by atoms with Crippen molar-refractivity contribution in [3.8, 4) is 0 Å². The SMILES string of the molecule is CN(Cc1cnn(C)c1)C(=O)c1cc2cc(Br)ccc2[nH]1. The molecule has 0 atom stereocenters. The van der Waals surface area contributed by atoms with Gasteiger partial charge in [0, 0.05) is 47.8 Å². The first-order valence-electron chi connectivity index (χ1n) is 6.54. The molecule has 21 heavy (non-hydrogen) atoms. The van der Waals surface area contributed by atoms with E-state index in [4.69, 9.17) is 0 Å². The second-order valence-corrected chi connectivity index (χ2v) is 6.01. The monoisotopic (exact) mass is 346 g/mol. The molecular weight excluding hydrogens is 332 g/mol. The van der Waals surface area contributed by atoms with Crippen LogP contribution in [0.1, 0.15) is 16.1 Å². The second kappa shape index (κ2) is 5.37. The molecule has 3 rings (SSSR count). The number of carbonyl (C=O) groups excluding carboxylic acids is 1. The van der Waals surface area contributed by atoms with Gasteiger partial charge < -0.3 is 9.88 Å². The van der Waals surface area contributed by atoms with Gasteiger partial charge in [0.25, 0.3) is 5.91 Å². The largest absolute Gasteiger partial charge is 0.351 e. The molecule has 108 valence electrons. The normalized spacial score (nSPS) is 11.0. The van der Waals surface area contributed by atoms with Gasteiger partial charge in [-0.05, 0) is 24.3 Å². The van der Waals surface area contributed by atoms with Crippen LogP contribution in [0.15, 0.2) is 41.1 Å². The third-order valence-electron chi connectivity index (χ3n) is 3.34. The lowest BCUT2D eigenvalue weighted by molar-refractivity contribution is 0.0780. The van der Waals surface area contributed by atoms with E-state index >= 15 is 0 Å². The van der Waals surface area contributed by atoms with Crippen molar-refractivity contribution in [1.82, 2.24) is 19.7 Å². The van der Waals surface area contributed by atoms with Crippen molar-refractivity contribution >= 4 is 32.7 Å². The Labute approximate surface area is 130 Å². The minimum atomic E-state index is -0.0359. The molecule has 0 radical (unpaired) electrons. The average Bonchev–Trinajstić information content (AvgIpc) is 3.03. The van der Waals surface area contributed by atoms with E-state index in [0.717, 1.165) is 20.9 Å². The van der Waals surface area contributed by atoms with Gasteiger partial charge in [-0.15, -0.1) is 0 Å². The number of H-pyrrole nitrogens is 1. The first-order valence-corrected chi connectivity index (χ1v) is 7.33. The summed E-state index contributed by atoms with van der Waals surface area (Å²) in [5, 5.41) is 5.13. The van der Waals surface area contributed by atoms with Crippen LogP contribution in [-0.4, -0.2) is 32.6 Å². The van der Waals surface area contributed by atoms with E-state index < -0.39 is 0 Å². The molecule has 1 N–H and O–H groups in total. The number of halogens is 1. The molecule has 6 heteroatoms. The Kier molecular flexibility index (Phi) is 3.55. The minimum absolute atomic E-state index is 0.0359. The number of aromatic amines is 1. The smallest absolute Gasteiger partial charge is 0.270 e. The summed E-state index contributed by atoms with van der Waals surface area (Å²) in [4.78, 5) is 17.3. The van der Waals surface area contributed by atoms with Crippen LogP contribution in [0.2, 0.25) is 0 Å². The van der Waals surface area contributed by atoms with Gasteiger partial charge in [-0.25, -0.2) is 0 Å². The number of hydrogen-bond donors (Lipinski definition) is 1. The van der Waals surface area contributed by atoms with Crippen molar-refractivity contribution in [3.05, 3.63) is 52.4 Å². The van der Waals surface area contributed by atoms with Crippen molar-refractivity contribution < 1.29 is 4.79 Å². The number of amides is 1. The molecule has 0 unspecified atom stereocenters. The van der Waals surface area contributed by atoms with Crippen LogP contribution in [0.5, 0.6) is 0 Å². The van der Waals surface area contributed by atoms with Crippen LogP contribution in [0, 0.1) is 0 Å². The van der Waals surface area contributed by atoms with E-state index in [-0.39, 0.29) is 5.91 Å². The molecule has 0 aliphatic heterocycles. The fourth-order valence-corrected chi connectivity index (χ4v) is 2.70. The van der Waals surface area contributed by atoms with Crippen LogP contribution >= 0.6 is 15.9 Å². The van der Waals surface area contributed by atoms with E-state index in [2.05, 4.69) is 26.0 Å². The highest BCUT2D eigenvalue weighted by molar-refractivity contribution is 9.10. The molecule has 0 saturated carbocycles. The maximum atomic E-state index is 12.5. The summed E-state index contributed by atoms with van der Waals surface area (Å²) < 4.78 is 2.73. The summed E-state index contributed by atoms with van der Waals surface area (Å²) in [7, 11) is 3.65. The Morgan fingerprint density at radius 2 is 2.24 bits per heavy atom. The lowest BCUT2D eigenvalue weighted by atomic mass is 10.2.